The molecule has 1 heterocycles. The summed E-state index contributed by atoms with van der Waals surface area (Å²) in [5.41, 5.74) is 6.27. The smallest absolute Gasteiger partial charge is 0.147 e. The molecule has 1 aromatic heterocycles. The van der Waals surface area contributed by atoms with Gasteiger partial charge in [0.05, 0.1) is 18.3 Å². The third kappa shape index (κ3) is 2.64. The third-order valence-electron chi connectivity index (χ3n) is 2.41. The van der Waals surface area contributed by atoms with Crippen molar-refractivity contribution in [1.82, 2.24) is 9.97 Å². The number of hydrogen-bond acceptors (Lipinski definition) is 4. The minimum atomic E-state index is -0.688. The molecule has 0 amide bonds. The molecule has 0 aliphatic heterocycles. The van der Waals surface area contributed by atoms with E-state index in [0.29, 0.717) is 10.7 Å². The predicted molar refractivity (Wildman–Crippen MR) is 66.5 cm³/mol. The van der Waals surface area contributed by atoms with Gasteiger partial charge in [-0.25, -0.2) is 14.4 Å². The fraction of sp³-hybridized carbons (Fsp3) is 0.167. The van der Waals surface area contributed by atoms with Gasteiger partial charge in [0, 0.05) is 16.8 Å². The van der Waals surface area contributed by atoms with Crippen molar-refractivity contribution in [3.8, 4) is 11.3 Å². The second kappa shape index (κ2) is 5.39. The number of nitrogens with zero attached hydrogens (tertiary/aromatic N) is 2. The highest BCUT2D eigenvalue weighted by Gasteiger charge is 2.12. The first kappa shape index (κ1) is 12.9. The van der Waals surface area contributed by atoms with Gasteiger partial charge in [0.1, 0.15) is 11.6 Å². The lowest BCUT2D eigenvalue weighted by Crippen LogP contribution is -2.17. The van der Waals surface area contributed by atoms with Crippen molar-refractivity contribution in [3.05, 3.63) is 47.1 Å². The maximum atomic E-state index is 13.7. The molecule has 6 heteroatoms. The van der Waals surface area contributed by atoms with Gasteiger partial charge in [0.15, 0.2) is 0 Å². The minimum Gasteiger partial charge on any atom is -0.394 e. The Morgan fingerprint density at radius 2 is 2.17 bits per heavy atom. The van der Waals surface area contributed by atoms with Gasteiger partial charge in [0.25, 0.3) is 0 Å². The third-order valence-corrected chi connectivity index (χ3v) is 2.64. The van der Waals surface area contributed by atoms with Gasteiger partial charge in [-0.15, -0.1) is 0 Å². The van der Waals surface area contributed by atoms with E-state index in [4.69, 9.17) is 22.4 Å². The van der Waals surface area contributed by atoms with Crippen LogP contribution in [0.4, 0.5) is 4.39 Å². The number of hydrogen-bond donors (Lipinski definition) is 2. The van der Waals surface area contributed by atoms with Crippen LogP contribution in [-0.2, 0) is 0 Å². The van der Waals surface area contributed by atoms with Crippen LogP contribution in [-0.4, -0.2) is 21.7 Å². The Bertz CT molecular complexity index is 565. The van der Waals surface area contributed by atoms with Crippen LogP contribution in [0, 0.1) is 5.82 Å². The Kier molecular flexibility index (Phi) is 3.86. The first-order valence-electron chi connectivity index (χ1n) is 5.26. The van der Waals surface area contributed by atoms with Crippen molar-refractivity contribution >= 4 is 11.6 Å². The molecular formula is C12H11ClFN3O. The van der Waals surface area contributed by atoms with E-state index >= 15 is 0 Å². The molecule has 3 N–H and O–H groups in total. The Morgan fingerprint density at radius 3 is 2.89 bits per heavy atom. The molecule has 0 saturated carbocycles. The normalized spacial score (nSPS) is 12.4. The molecule has 2 rings (SSSR count). The number of halogens is 2. The van der Waals surface area contributed by atoms with Crippen molar-refractivity contribution in [2.24, 2.45) is 5.73 Å². The van der Waals surface area contributed by atoms with E-state index in [1.807, 2.05) is 0 Å². The van der Waals surface area contributed by atoms with E-state index in [9.17, 15) is 4.39 Å². The fourth-order valence-electron chi connectivity index (χ4n) is 1.48. The van der Waals surface area contributed by atoms with E-state index in [-0.39, 0.29) is 18.0 Å². The number of benzene rings is 1. The second-order valence-corrected chi connectivity index (χ2v) is 4.15. The Labute approximate surface area is 108 Å². The molecule has 1 atom stereocenters. The molecular weight excluding hydrogens is 257 g/mol. The molecule has 0 aliphatic rings. The van der Waals surface area contributed by atoms with Gasteiger partial charge in [-0.3, -0.25) is 0 Å². The zero-order chi connectivity index (χ0) is 13.1. The van der Waals surface area contributed by atoms with Crippen LogP contribution in [0.1, 0.15) is 11.9 Å². The predicted octanol–water partition coefficient (Wildman–Crippen LogP) is 1.93. The number of aliphatic hydroxyl groups excluding tert-OH is 1. The lowest BCUT2D eigenvalue weighted by Gasteiger charge is -2.09. The summed E-state index contributed by atoms with van der Waals surface area (Å²) in [6.07, 6.45) is 1.47. The summed E-state index contributed by atoms with van der Waals surface area (Å²) < 4.78 is 13.7. The van der Waals surface area contributed by atoms with Crippen molar-refractivity contribution in [3.63, 3.8) is 0 Å². The van der Waals surface area contributed by atoms with Crippen molar-refractivity contribution < 1.29 is 9.50 Å². The number of rotatable bonds is 3. The quantitative estimate of drug-likeness (QED) is 0.891. The van der Waals surface area contributed by atoms with Crippen LogP contribution in [0.15, 0.2) is 30.5 Å². The number of aliphatic hydroxyl groups is 1. The van der Waals surface area contributed by atoms with E-state index in [2.05, 4.69) is 9.97 Å². The van der Waals surface area contributed by atoms with Gasteiger partial charge >= 0.3 is 0 Å². The topological polar surface area (TPSA) is 72.0 Å². The zero-order valence-electron chi connectivity index (χ0n) is 9.35. The van der Waals surface area contributed by atoms with E-state index in [0.717, 1.165) is 0 Å². The molecule has 18 heavy (non-hydrogen) atoms. The monoisotopic (exact) mass is 267 g/mol. The van der Waals surface area contributed by atoms with Crippen LogP contribution in [0.25, 0.3) is 11.3 Å². The summed E-state index contributed by atoms with van der Waals surface area (Å²) in [6, 6.07) is 5.08. The van der Waals surface area contributed by atoms with Crippen molar-refractivity contribution in [1.29, 1.82) is 0 Å². The average Bonchev–Trinajstić information content (AvgIpc) is 2.40. The van der Waals surface area contributed by atoms with Crippen LogP contribution in [0.5, 0.6) is 0 Å². The molecule has 0 spiro atoms. The minimum absolute atomic E-state index is 0.259. The van der Waals surface area contributed by atoms with Gasteiger partial charge in [0.2, 0.25) is 0 Å². The van der Waals surface area contributed by atoms with Gasteiger partial charge < -0.3 is 10.8 Å². The molecule has 0 radical (unpaired) electrons. The highest BCUT2D eigenvalue weighted by atomic mass is 35.5. The van der Waals surface area contributed by atoms with Crippen LogP contribution < -0.4 is 5.73 Å². The Balaban J connectivity index is 2.47. The molecule has 1 unspecified atom stereocenters. The average molecular weight is 268 g/mol. The Hall–Kier alpha value is -1.56. The van der Waals surface area contributed by atoms with Crippen LogP contribution in [0.2, 0.25) is 5.02 Å². The van der Waals surface area contributed by atoms with Gasteiger partial charge in [-0.2, -0.15) is 0 Å². The number of aromatic nitrogens is 2. The summed E-state index contributed by atoms with van der Waals surface area (Å²) in [6.45, 7) is -0.276. The van der Waals surface area contributed by atoms with E-state index in [1.54, 1.807) is 6.07 Å². The molecule has 0 bridgehead atoms. The molecule has 2 aromatic rings. The maximum absolute atomic E-state index is 13.7. The lowest BCUT2D eigenvalue weighted by atomic mass is 10.1. The largest absolute Gasteiger partial charge is 0.394 e. The molecule has 0 saturated heterocycles. The highest BCUT2D eigenvalue weighted by molar-refractivity contribution is 6.30. The summed E-state index contributed by atoms with van der Waals surface area (Å²) in [5, 5.41) is 9.36. The first-order valence-corrected chi connectivity index (χ1v) is 5.64. The Morgan fingerprint density at radius 1 is 1.39 bits per heavy atom. The van der Waals surface area contributed by atoms with Crippen LogP contribution in [0.3, 0.4) is 0 Å². The van der Waals surface area contributed by atoms with Crippen LogP contribution >= 0.6 is 11.6 Å². The second-order valence-electron chi connectivity index (χ2n) is 3.71. The lowest BCUT2D eigenvalue weighted by molar-refractivity contribution is 0.263. The van der Waals surface area contributed by atoms with E-state index in [1.165, 1.54) is 24.4 Å². The fourth-order valence-corrected chi connectivity index (χ4v) is 1.65. The maximum Gasteiger partial charge on any atom is 0.147 e. The summed E-state index contributed by atoms with van der Waals surface area (Å²) in [7, 11) is 0. The van der Waals surface area contributed by atoms with Gasteiger partial charge in [-0.05, 0) is 24.3 Å². The first-order chi connectivity index (χ1) is 8.61. The van der Waals surface area contributed by atoms with Crippen molar-refractivity contribution in [2.45, 2.75) is 6.04 Å². The summed E-state index contributed by atoms with van der Waals surface area (Å²) in [4.78, 5) is 8.06. The standard InChI is InChI=1S/C12H11ClFN3O/c13-7-1-2-9(14)8(5-7)11-3-4-16-12(17-11)10(15)6-18/h1-5,10,18H,6,15H2. The molecule has 94 valence electrons. The molecule has 4 nitrogen and oxygen atoms in total. The molecule has 0 fully saturated rings. The molecule has 1 aromatic carbocycles. The van der Waals surface area contributed by atoms with Crippen molar-refractivity contribution in [2.75, 3.05) is 6.61 Å². The van der Waals surface area contributed by atoms with Gasteiger partial charge in [-0.1, -0.05) is 11.6 Å². The summed E-state index contributed by atoms with van der Waals surface area (Å²) >= 11 is 5.82. The highest BCUT2D eigenvalue weighted by Crippen LogP contribution is 2.24. The number of nitrogens with two attached hydrogens (primary N) is 1. The molecule has 0 aliphatic carbocycles. The van der Waals surface area contributed by atoms with E-state index < -0.39 is 11.9 Å². The zero-order valence-corrected chi connectivity index (χ0v) is 10.1. The SMILES string of the molecule is NC(CO)c1nccc(-c2cc(Cl)ccc2F)n1. The summed E-state index contributed by atoms with van der Waals surface area (Å²) in [5.74, 6) is -0.170.